The normalized spacial score (nSPS) is 17.0. The largest absolute Gasteiger partial charge is 0.393 e. The molecule has 1 heterocycles. The Morgan fingerprint density at radius 3 is 2.68 bits per heavy atom. The molecule has 0 aromatic heterocycles. The van der Waals surface area contributed by atoms with Crippen molar-refractivity contribution in [3.63, 3.8) is 0 Å². The molecule has 0 saturated carbocycles. The van der Waals surface area contributed by atoms with Gasteiger partial charge in [0.1, 0.15) is 0 Å². The fourth-order valence-corrected chi connectivity index (χ4v) is 2.59. The van der Waals surface area contributed by atoms with Crippen LogP contribution in [0.25, 0.3) is 6.08 Å². The van der Waals surface area contributed by atoms with Crippen LogP contribution in [-0.2, 0) is 4.79 Å². The molecule has 0 unspecified atom stereocenters. The van der Waals surface area contributed by atoms with E-state index < -0.39 is 0 Å². The second-order valence-corrected chi connectivity index (χ2v) is 6.04. The molecule has 0 aliphatic carbocycles. The zero-order valence-electron chi connectivity index (χ0n) is 12.7. The van der Waals surface area contributed by atoms with Gasteiger partial charge in [-0.05, 0) is 49.6 Å². The van der Waals surface area contributed by atoms with Crippen LogP contribution in [0.4, 0.5) is 0 Å². The molecule has 0 bridgehead atoms. The first kappa shape index (κ1) is 17.0. The summed E-state index contributed by atoms with van der Waals surface area (Å²) in [5.74, 6) is -0.0796. The predicted octanol–water partition coefficient (Wildman–Crippen LogP) is 2.32. The molecule has 2 N–H and O–H groups in total. The van der Waals surface area contributed by atoms with E-state index in [1.807, 2.05) is 12.1 Å². The second-order valence-electron chi connectivity index (χ2n) is 5.60. The maximum absolute atomic E-state index is 11.7. The molecule has 0 spiro atoms. The fourth-order valence-electron chi connectivity index (χ4n) is 2.46. The summed E-state index contributed by atoms with van der Waals surface area (Å²) in [6.07, 6.45) is 5.83. The van der Waals surface area contributed by atoms with Gasteiger partial charge in [0.2, 0.25) is 5.91 Å². The van der Waals surface area contributed by atoms with Gasteiger partial charge in [0.05, 0.1) is 6.10 Å². The van der Waals surface area contributed by atoms with Crippen molar-refractivity contribution < 1.29 is 9.90 Å². The van der Waals surface area contributed by atoms with Crippen molar-refractivity contribution in [1.29, 1.82) is 0 Å². The Labute approximate surface area is 136 Å². The van der Waals surface area contributed by atoms with E-state index in [0.717, 1.165) is 44.5 Å². The van der Waals surface area contributed by atoms with Gasteiger partial charge in [0.25, 0.3) is 0 Å². The van der Waals surface area contributed by atoms with E-state index >= 15 is 0 Å². The smallest absolute Gasteiger partial charge is 0.243 e. The minimum absolute atomic E-state index is 0.0796. The summed E-state index contributed by atoms with van der Waals surface area (Å²) in [6, 6.07) is 7.34. The zero-order chi connectivity index (χ0) is 15.8. The van der Waals surface area contributed by atoms with E-state index in [2.05, 4.69) is 10.2 Å². The Morgan fingerprint density at radius 1 is 1.32 bits per heavy atom. The highest BCUT2D eigenvalue weighted by atomic mass is 35.5. The van der Waals surface area contributed by atoms with Crippen molar-refractivity contribution in [3.8, 4) is 0 Å². The van der Waals surface area contributed by atoms with E-state index in [9.17, 15) is 9.90 Å². The van der Waals surface area contributed by atoms with Crippen molar-refractivity contribution in [1.82, 2.24) is 10.2 Å². The summed E-state index contributed by atoms with van der Waals surface area (Å²) in [6.45, 7) is 3.54. The van der Waals surface area contributed by atoms with Gasteiger partial charge in [0.15, 0.2) is 0 Å². The van der Waals surface area contributed by atoms with E-state index in [4.69, 9.17) is 11.6 Å². The van der Waals surface area contributed by atoms with Gasteiger partial charge in [-0.25, -0.2) is 0 Å². The van der Waals surface area contributed by atoms with Crippen LogP contribution in [0.5, 0.6) is 0 Å². The first-order valence-electron chi connectivity index (χ1n) is 7.75. The number of halogens is 1. The van der Waals surface area contributed by atoms with Crippen LogP contribution in [0.2, 0.25) is 5.02 Å². The van der Waals surface area contributed by atoms with Crippen LogP contribution >= 0.6 is 11.6 Å². The molecule has 1 amide bonds. The first-order chi connectivity index (χ1) is 10.6. The quantitative estimate of drug-likeness (QED) is 0.624. The molecule has 5 heteroatoms. The first-order valence-corrected chi connectivity index (χ1v) is 8.13. The monoisotopic (exact) mass is 322 g/mol. The third kappa shape index (κ3) is 6.18. The lowest BCUT2D eigenvalue weighted by Crippen LogP contribution is -2.37. The standard InChI is InChI=1S/C17H23ClN2O2/c18-15-5-2-14(3-6-15)4-7-17(22)19-10-1-11-20-12-8-16(21)9-13-20/h2-7,16,21H,1,8-13H2,(H,19,22). The summed E-state index contributed by atoms with van der Waals surface area (Å²) >= 11 is 5.81. The molecule has 2 rings (SSSR count). The molecule has 1 aromatic carbocycles. The number of carbonyl (C=O) groups excluding carboxylic acids is 1. The maximum atomic E-state index is 11.7. The number of benzene rings is 1. The summed E-state index contributed by atoms with van der Waals surface area (Å²) in [4.78, 5) is 14.0. The number of carbonyl (C=O) groups is 1. The lowest BCUT2D eigenvalue weighted by molar-refractivity contribution is -0.116. The molecular formula is C17H23ClN2O2. The molecule has 1 fully saturated rings. The summed E-state index contributed by atoms with van der Waals surface area (Å²) in [7, 11) is 0. The SMILES string of the molecule is O=C(C=Cc1ccc(Cl)cc1)NCCCN1CCC(O)CC1. The van der Waals surface area contributed by atoms with Crippen LogP contribution < -0.4 is 5.32 Å². The van der Waals surface area contributed by atoms with Crippen molar-refractivity contribution in [2.24, 2.45) is 0 Å². The molecule has 1 aromatic rings. The van der Waals surface area contributed by atoms with Crippen LogP contribution in [0, 0.1) is 0 Å². The topological polar surface area (TPSA) is 52.6 Å². The molecule has 1 saturated heterocycles. The Kier molecular flexibility index (Phi) is 6.90. The van der Waals surface area contributed by atoms with Crippen LogP contribution in [0.15, 0.2) is 30.3 Å². The van der Waals surface area contributed by atoms with Gasteiger partial charge in [-0.2, -0.15) is 0 Å². The van der Waals surface area contributed by atoms with Gasteiger partial charge in [-0.3, -0.25) is 4.79 Å². The van der Waals surface area contributed by atoms with Crippen molar-refractivity contribution in [2.75, 3.05) is 26.2 Å². The number of likely N-dealkylation sites (tertiary alicyclic amines) is 1. The number of piperidine rings is 1. The molecule has 0 radical (unpaired) electrons. The molecule has 4 nitrogen and oxygen atoms in total. The van der Waals surface area contributed by atoms with Crippen molar-refractivity contribution in [2.45, 2.75) is 25.4 Å². The van der Waals surface area contributed by atoms with Gasteiger partial charge in [0, 0.05) is 30.7 Å². The van der Waals surface area contributed by atoms with E-state index in [1.54, 1.807) is 24.3 Å². The van der Waals surface area contributed by atoms with Gasteiger partial charge >= 0.3 is 0 Å². The number of nitrogens with zero attached hydrogens (tertiary/aromatic N) is 1. The fraction of sp³-hybridized carbons (Fsp3) is 0.471. The average Bonchev–Trinajstić information content (AvgIpc) is 2.53. The minimum Gasteiger partial charge on any atom is -0.393 e. The van der Waals surface area contributed by atoms with E-state index in [0.29, 0.717) is 11.6 Å². The van der Waals surface area contributed by atoms with Gasteiger partial charge < -0.3 is 15.3 Å². The van der Waals surface area contributed by atoms with E-state index in [-0.39, 0.29) is 12.0 Å². The molecule has 0 atom stereocenters. The minimum atomic E-state index is -0.131. The number of aliphatic hydroxyl groups excluding tert-OH is 1. The molecule has 1 aliphatic rings. The highest BCUT2D eigenvalue weighted by molar-refractivity contribution is 6.30. The van der Waals surface area contributed by atoms with Crippen LogP contribution in [0.3, 0.4) is 0 Å². The lowest BCUT2D eigenvalue weighted by atomic mass is 10.1. The highest BCUT2D eigenvalue weighted by Crippen LogP contribution is 2.11. The Morgan fingerprint density at radius 2 is 2.00 bits per heavy atom. The third-order valence-corrected chi connectivity index (χ3v) is 4.06. The average molecular weight is 323 g/mol. The Bertz CT molecular complexity index is 494. The molecule has 22 heavy (non-hydrogen) atoms. The zero-order valence-corrected chi connectivity index (χ0v) is 13.4. The summed E-state index contributed by atoms with van der Waals surface area (Å²) < 4.78 is 0. The number of nitrogens with one attached hydrogen (secondary N) is 1. The summed E-state index contributed by atoms with van der Waals surface area (Å²) in [5.41, 5.74) is 0.950. The van der Waals surface area contributed by atoms with E-state index in [1.165, 1.54) is 0 Å². The molecular weight excluding hydrogens is 300 g/mol. The van der Waals surface area contributed by atoms with Crippen LogP contribution in [-0.4, -0.2) is 48.2 Å². The van der Waals surface area contributed by atoms with Gasteiger partial charge in [-0.15, -0.1) is 0 Å². The number of hydrogen-bond donors (Lipinski definition) is 2. The maximum Gasteiger partial charge on any atom is 0.243 e. The third-order valence-electron chi connectivity index (χ3n) is 3.80. The number of amides is 1. The number of hydrogen-bond acceptors (Lipinski definition) is 3. The number of aliphatic hydroxyl groups is 1. The van der Waals surface area contributed by atoms with Gasteiger partial charge in [-0.1, -0.05) is 23.7 Å². The van der Waals surface area contributed by atoms with Crippen molar-refractivity contribution >= 4 is 23.6 Å². The predicted molar refractivity (Wildman–Crippen MR) is 89.8 cm³/mol. The Balaban J connectivity index is 1.60. The molecule has 120 valence electrons. The number of rotatable bonds is 6. The Hall–Kier alpha value is -1.36. The van der Waals surface area contributed by atoms with Crippen LogP contribution in [0.1, 0.15) is 24.8 Å². The highest BCUT2D eigenvalue weighted by Gasteiger charge is 2.15. The second kappa shape index (κ2) is 8.93. The lowest BCUT2D eigenvalue weighted by Gasteiger charge is -2.29. The summed E-state index contributed by atoms with van der Waals surface area (Å²) in [5, 5.41) is 13.0. The molecule has 1 aliphatic heterocycles. The van der Waals surface area contributed by atoms with Crippen molar-refractivity contribution in [3.05, 3.63) is 40.9 Å².